The number of amides is 4. The molecule has 1 aliphatic heterocycles. The van der Waals surface area contributed by atoms with Crippen LogP contribution in [-0.2, 0) is 9.59 Å². The van der Waals surface area contributed by atoms with Gasteiger partial charge in [-0.2, -0.15) is 5.26 Å². The van der Waals surface area contributed by atoms with E-state index in [1.807, 2.05) is 6.07 Å². The van der Waals surface area contributed by atoms with Gasteiger partial charge in [-0.05, 0) is 60.5 Å². The van der Waals surface area contributed by atoms with Crippen molar-refractivity contribution in [2.45, 2.75) is 6.42 Å². The monoisotopic (exact) mass is 386 g/mol. The van der Waals surface area contributed by atoms with Crippen LogP contribution in [0.3, 0.4) is 0 Å². The standard InChI is InChI=1S/C22H18N4O3/c23-15-17-6-11-19(12-7-17)25-22(29)24-18-9-4-16(5-10-18)8-13-21(28)26-14-2-1-3-20(26)27/h1,3-13H,2,14H2,(H2,24,25,29)/b13-8+. The van der Waals surface area contributed by atoms with Gasteiger partial charge >= 0.3 is 6.03 Å². The second-order valence-corrected chi connectivity index (χ2v) is 6.24. The Labute approximate surface area is 167 Å². The third kappa shape index (κ3) is 5.40. The number of carbonyl (C=O) groups is 3. The van der Waals surface area contributed by atoms with Crippen molar-refractivity contribution in [1.82, 2.24) is 4.90 Å². The Balaban J connectivity index is 1.54. The highest BCUT2D eigenvalue weighted by Crippen LogP contribution is 2.13. The van der Waals surface area contributed by atoms with E-state index in [1.54, 1.807) is 60.7 Å². The molecule has 0 atom stereocenters. The molecule has 29 heavy (non-hydrogen) atoms. The zero-order chi connectivity index (χ0) is 20.6. The SMILES string of the molecule is N#Cc1ccc(NC(=O)Nc2ccc(/C=C/C(=O)N3CCC=CC3=O)cc2)cc1. The molecule has 0 aliphatic carbocycles. The molecule has 0 aromatic heterocycles. The van der Waals surface area contributed by atoms with E-state index in [2.05, 4.69) is 10.6 Å². The van der Waals surface area contributed by atoms with E-state index in [0.29, 0.717) is 29.9 Å². The Bertz CT molecular complexity index is 1020. The van der Waals surface area contributed by atoms with Crippen LogP contribution in [0.5, 0.6) is 0 Å². The minimum absolute atomic E-state index is 0.307. The first-order valence-corrected chi connectivity index (χ1v) is 8.93. The predicted molar refractivity (Wildman–Crippen MR) is 110 cm³/mol. The topological polar surface area (TPSA) is 102 Å². The molecule has 3 rings (SSSR count). The minimum atomic E-state index is -0.412. The highest BCUT2D eigenvalue weighted by molar-refractivity contribution is 6.07. The summed E-state index contributed by atoms with van der Waals surface area (Å²) in [7, 11) is 0. The van der Waals surface area contributed by atoms with Gasteiger partial charge < -0.3 is 10.6 Å². The molecule has 2 aromatic rings. The van der Waals surface area contributed by atoms with E-state index in [1.165, 1.54) is 17.1 Å². The average molecular weight is 386 g/mol. The van der Waals surface area contributed by atoms with E-state index < -0.39 is 6.03 Å². The molecule has 1 aliphatic rings. The van der Waals surface area contributed by atoms with Crippen LogP contribution in [0.15, 0.2) is 66.8 Å². The number of nitrogens with one attached hydrogen (secondary N) is 2. The molecule has 1 heterocycles. The summed E-state index contributed by atoms with van der Waals surface area (Å²) in [6, 6.07) is 15.0. The van der Waals surface area contributed by atoms with Crippen LogP contribution in [0.2, 0.25) is 0 Å². The first kappa shape index (κ1) is 19.6. The van der Waals surface area contributed by atoms with Gasteiger partial charge in [-0.15, -0.1) is 0 Å². The third-order valence-electron chi connectivity index (χ3n) is 4.17. The molecule has 0 bridgehead atoms. The van der Waals surface area contributed by atoms with Crippen molar-refractivity contribution in [2.24, 2.45) is 0 Å². The first-order chi connectivity index (χ1) is 14.0. The van der Waals surface area contributed by atoms with Gasteiger partial charge in [-0.25, -0.2) is 4.79 Å². The Morgan fingerprint density at radius 1 is 1.00 bits per heavy atom. The molecule has 0 spiro atoms. The van der Waals surface area contributed by atoms with Crippen LogP contribution in [0.25, 0.3) is 6.08 Å². The number of imide groups is 1. The lowest BCUT2D eigenvalue weighted by molar-refractivity contribution is -0.139. The molecule has 0 radical (unpaired) electrons. The van der Waals surface area contributed by atoms with E-state index in [9.17, 15) is 14.4 Å². The number of nitrogens with zero attached hydrogens (tertiary/aromatic N) is 2. The quantitative estimate of drug-likeness (QED) is 0.785. The van der Waals surface area contributed by atoms with E-state index in [0.717, 1.165) is 5.56 Å². The summed E-state index contributed by atoms with van der Waals surface area (Å²) in [6.45, 7) is 0.385. The van der Waals surface area contributed by atoms with Gasteiger partial charge in [-0.1, -0.05) is 18.2 Å². The molecule has 0 saturated heterocycles. The van der Waals surface area contributed by atoms with Gasteiger partial charge in [0.15, 0.2) is 0 Å². The van der Waals surface area contributed by atoms with Crippen LogP contribution >= 0.6 is 0 Å². The van der Waals surface area contributed by atoms with Crippen LogP contribution < -0.4 is 10.6 Å². The lowest BCUT2D eigenvalue weighted by Crippen LogP contribution is -2.37. The summed E-state index contributed by atoms with van der Waals surface area (Å²) in [5.74, 6) is -0.665. The van der Waals surface area contributed by atoms with Gasteiger partial charge in [0.25, 0.3) is 11.8 Å². The fourth-order valence-corrected chi connectivity index (χ4v) is 2.66. The summed E-state index contributed by atoms with van der Waals surface area (Å²) in [5.41, 5.74) is 2.42. The number of hydrogen-bond donors (Lipinski definition) is 2. The van der Waals surface area contributed by atoms with E-state index in [-0.39, 0.29) is 11.8 Å². The fraction of sp³-hybridized carbons (Fsp3) is 0.0909. The van der Waals surface area contributed by atoms with Gasteiger partial charge in [0.2, 0.25) is 0 Å². The smallest absolute Gasteiger partial charge is 0.308 e. The highest BCUT2D eigenvalue weighted by atomic mass is 16.2. The Kier molecular flexibility index (Phi) is 6.18. The molecule has 7 nitrogen and oxygen atoms in total. The van der Waals surface area contributed by atoms with Crippen LogP contribution in [0, 0.1) is 11.3 Å². The second kappa shape index (κ2) is 9.15. The van der Waals surface area contributed by atoms with Gasteiger partial charge in [-0.3, -0.25) is 14.5 Å². The molecular weight excluding hydrogens is 368 g/mol. The van der Waals surface area contributed by atoms with E-state index >= 15 is 0 Å². The Morgan fingerprint density at radius 2 is 1.62 bits per heavy atom. The third-order valence-corrected chi connectivity index (χ3v) is 4.17. The molecule has 0 unspecified atom stereocenters. The summed E-state index contributed by atoms with van der Waals surface area (Å²) >= 11 is 0. The second-order valence-electron chi connectivity index (χ2n) is 6.24. The number of urea groups is 1. The maximum Gasteiger partial charge on any atom is 0.323 e. The van der Waals surface area contributed by atoms with Crippen LogP contribution in [0.1, 0.15) is 17.5 Å². The average Bonchev–Trinajstić information content (AvgIpc) is 2.74. The van der Waals surface area contributed by atoms with E-state index in [4.69, 9.17) is 5.26 Å². The van der Waals surface area contributed by atoms with Crippen molar-refractivity contribution in [3.8, 4) is 6.07 Å². The normalized spacial score (nSPS) is 13.2. The summed E-state index contributed by atoms with van der Waals surface area (Å²) in [4.78, 5) is 37.0. The molecule has 2 aromatic carbocycles. The first-order valence-electron chi connectivity index (χ1n) is 8.93. The molecule has 0 fully saturated rings. The van der Waals surface area contributed by atoms with Crippen LogP contribution in [-0.4, -0.2) is 29.3 Å². The van der Waals surface area contributed by atoms with Crippen molar-refractivity contribution in [3.05, 3.63) is 77.9 Å². The summed E-state index contributed by atoms with van der Waals surface area (Å²) in [5, 5.41) is 14.2. The predicted octanol–water partition coefficient (Wildman–Crippen LogP) is 3.53. The Hall–Kier alpha value is -4.18. The lowest BCUT2D eigenvalue weighted by atomic mass is 10.2. The van der Waals surface area contributed by atoms with Crippen molar-refractivity contribution in [2.75, 3.05) is 17.2 Å². The number of rotatable bonds is 4. The molecule has 0 saturated carbocycles. The highest BCUT2D eigenvalue weighted by Gasteiger charge is 2.18. The number of hydrogen-bond acceptors (Lipinski definition) is 4. The lowest BCUT2D eigenvalue weighted by Gasteiger charge is -2.19. The molecular formula is C22H18N4O3. The summed E-state index contributed by atoms with van der Waals surface area (Å²) in [6.07, 6.45) is 6.79. The Morgan fingerprint density at radius 3 is 2.21 bits per heavy atom. The largest absolute Gasteiger partial charge is 0.323 e. The molecule has 4 amide bonds. The van der Waals surface area contributed by atoms with Gasteiger partial charge in [0.1, 0.15) is 0 Å². The van der Waals surface area contributed by atoms with Gasteiger partial charge in [0.05, 0.1) is 11.6 Å². The minimum Gasteiger partial charge on any atom is -0.308 e. The molecule has 2 N–H and O–H groups in total. The number of nitriles is 1. The summed E-state index contributed by atoms with van der Waals surface area (Å²) < 4.78 is 0. The maximum absolute atomic E-state index is 12.1. The van der Waals surface area contributed by atoms with Crippen LogP contribution in [0.4, 0.5) is 16.2 Å². The van der Waals surface area contributed by atoms with Crippen molar-refractivity contribution in [3.63, 3.8) is 0 Å². The molecule has 144 valence electrons. The van der Waals surface area contributed by atoms with Crippen molar-refractivity contribution >= 4 is 35.3 Å². The number of carbonyl (C=O) groups excluding carboxylic acids is 3. The zero-order valence-electron chi connectivity index (χ0n) is 15.5. The maximum atomic E-state index is 12.1. The number of benzene rings is 2. The molecule has 7 heteroatoms. The van der Waals surface area contributed by atoms with Crippen molar-refractivity contribution < 1.29 is 14.4 Å². The van der Waals surface area contributed by atoms with Crippen molar-refractivity contribution in [1.29, 1.82) is 5.26 Å². The fourth-order valence-electron chi connectivity index (χ4n) is 2.66. The zero-order valence-corrected chi connectivity index (χ0v) is 15.5. The number of anilines is 2. The van der Waals surface area contributed by atoms with Gasteiger partial charge in [0, 0.05) is 24.0 Å².